The standard InChI is InChI=1S/C18H26N4O3/c1-4-5-14(3)22-12-18(25-17(22)24)6-8-21(9-7-18)16(23)15-11-19-13(2)10-20-15/h10-11,14H,4-9,12H2,1-3H3/t14-/m1/s1. The van der Waals surface area contributed by atoms with Crippen molar-refractivity contribution in [2.45, 2.75) is 58.1 Å². The van der Waals surface area contributed by atoms with Crippen LogP contribution in [-0.2, 0) is 4.74 Å². The molecule has 2 aliphatic rings. The minimum atomic E-state index is -0.450. The molecule has 2 aliphatic heterocycles. The lowest BCUT2D eigenvalue weighted by Gasteiger charge is -2.37. The Morgan fingerprint density at radius 2 is 2.04 bits per heavy atom. The lowest BCUT2D eigenvalue weighted by molar-refractivity contribution is 0.00288. The van der Waals surface area contributed by atoms with E-state index in [9.17, 15) is 9.59 Å². The second-order valence-corrected chi connectivity index (χ2v) is 7.15. The average molecular weight is 346 g/mol. The molecule has 0 radical (unpaired) electrons. The molecule has 1 aromatic heterocycles. The van der Waals surface area contributed by atoms with Gasteiger partial charge in [0, 0.05) is 38.2 Å². The number of ether oxygens (including phenoxy) is 1. The molecule has 0 saturated carbocycles. The summed E-state index contributed by atoms with van der Waals surface area (Å²) in [6.45, 7) is 7.78. The van der Waals surface area contributed by atoms with E-state index in [1.54, 1.807) is 11.1 Å². The van der Waals surface area contributed by atoms with Crippen LogP contribution in [0.1, 0.15) is 55.7 Å². The Bertz CT molecular complexity index is 638. The Labute approximate surface area is 148 Å². The molecular formula is C18H26N4O3. The monoisotopic (exact) mass is 346 g/mol. The van der Waals surface area contributed by atoms with Gasteiger partial charge in [-0.15, -0.1) is 0 Å². The summed E-state index contributed by atoms with van der Waals surface area (Å²) in [4.78, 5) is 36.7. The molecule has 7 nitrogen and oxygen atoms in total. The summed E-state index contributed by atoms with van der Waals surface area (Å²) in [7, 11) is 0. The SMILES string of the molecule is CCC[C@@H](C)N1CC2(CCN(C(=O)c3cnc(C)cn3)CC2)OC1=O. The molecule has 0 bridgehead atoms. The molecule has 2 amide bonds. The van der Waals surface area contributed by atoms with Gasteiger partial charge >= 0.3 is 6.09 Å². The molecule has 2 saturated heterocycles. The van der Waals surface area contributed by atoms with Gasteiger partial charge in [0.15, 0.2) is 0 Å². The van der Waals surface area contributed by atoms with Gasteiger partial charge in [-0.1, -0.05) is 13.3 Å². The normalized spacial score (nSPS) is 20.7. The maximum atomic E-state index is 12.5. The number of aryl methyl sites for hydroxylation is 1. The number of carbonyl (C=O) groups excluding carboxylic acids is 2. The largest absolute Gasteiger partial charge is 0.441 e. The molecular weight excluding hydrogens is 320 g/mol. The van der Waals surface area contributed by atoms with E-state index >= 15 is 0 Å². The minimum absolute atomic E-state index is 0.108. The van der Waals surface area contributed by atoms with Crippen molar-refractivity contribution in [3.8, 4) is 0 Å². The summed E-state index contributed by atoms with van der Waals surface area (Å²) in [5, 5.41) is 0. The Balaban J connectivity index is 1.61. The Hall–Kier alpha value is -2.18. The third-order valence-corrected chi connectivity index (χ3v) is 5.20. The summed E-state index contributed by atoms with van der Waals surface area (Å²) in [5.74, 6) is -0.108. The molecule has 0 N–H and O–H groups in total. The fraction of sp³-hybridized carbons (Fsp3) is 0.667. The van der Waals surface area contributed by atoms with Crippen molar-refractivity contribution in [2.75, 3.05) is 19.6 Å². The summed E-state index contributed by atoms with van der Waals surface area (Å²) in [5.41, 5.74) is 0.700. The lowest BCUT2D eigenvalue weighted by atomic mass is 9.90. The predicted octanol–water partition coefficient (Wildman–Crippen LogP) is 2.40. The van der Waals surface area contributed by atoms with E-state index in [0.29, 0.717) is 38.2 Å². The molecule has 0 unspecified atom stereocenters. The number of nitrogens with zero attached hydrogens (tertiary/aromatic N) is 4. The molecule has 1 atom stereocenters. The highest BCUT2D eigenvalue weighted by atomic mass is 16.6. The number of piperidine rings is 1. The van der Waals surface area contributed by atoms with Crippen molar-refractivity contribution < 1.29 is 14.3 Å². The zero-order valence-electron chi connectivity index (χ0n) is 15.2. The highest BCUT2D eigenvalue weighted by Crippen LogP contribution is 2.35. The van der Waals surface area contributed by atoms with Gasteiger partial charge in [0.2, 0.25) is 0 Å². The van der Waals surface area contributed by atoms with Crippen LogP contribution >= 0.6 is 0 Å². The van der Waals surface area contributed by atoms with Crippen LogP contribution in [0.5, 0.6) is 0 Å². The first-order chi connectivity index (χ1) is 11.9. The predicted molar refractivity (Wildman–Crippen MR) is 92.2 cm³/mol. The number of carbonyl (C=O) groups is 2. The molecule has 1 spiro atoms. The number of amides is 2. The second-order valence-electron chi connectivity index (χ2n) is 7.15. The van der Waals surface area contributed by atoms with E-state index < -0.39 is 5.60 Å². The summed E-state index contributed by atoms with van der Waals surface area (Å²) >= 11 is 0. The Kier molecular flexibility index (Phi) is 4.92. The molecule has 0 aromatic carbocycles. The summed E-state index contributed by atoms with van der Waals surface area (Å²) in [6.07, 6.45) is 6.25. The number of hydrogen-bond acceptors (Lipinski definition) is 5. The molecule has 3 rings (SSSR count). The van der Waals surface area contributed by atoms with Crippen LogP contribution < -0.4 is 0 Å². The van der Waals surface area contributed by atoms with Gasteiger partial charge in [-0.05, 0) is 20.3 Å². The van der Waals surface area contributed by atoms with Gasteiger partial charge in [0.05, 0.1) is 18.4 Å². The van der Waals surface area contributed by atoms with Gasteiger partial charge in [-0.25, -0.2) is 9.78 Å². The van der Waals surface area contributed by atoms with E-state index in [1.807, 2.05) is 11.8 Å². The van der Waals surface area contributed by atoms with Crippen molar-refractivity contribution in [2.24, 2.45) is 0 Å². The zero-order chi connectivity index (χ0) is 18.0. The fourth-order valence-corrected chi connectivity index (χ4v) is 3.60. The molecule has 25 heavy (non-hydrogen) atoms. The van der Waals surface area contributed by atoms with Crippen molar-refractivity contribution >= 4 is 12.0 Å². The number of hydrogen-bond donors (Lipinski definition) is 0. The first kappa shape index (κ1) is 17.6. The topological polar surface area (TPSA) is 75.6 Å². The lowest BCUT2D eigenvalue weighted by Crippen LogP contribution is -2.49. The third kappa shape index (κ3) is 3.60. The zero-order valence-corrected chi connectivity index (χ0v) is 15.2. The molecule has 7 heteroatoms. The highest BCUT2D eigenvalue weighted by Gasteiger charge is 2.48. The van der Waals surface area contributed by atoms with Crippen LogP contribution in [0.4, 0.5) is 4.79 Å². The van der Waals surface area contributed by atoms with Crippen LogP contribution in [0.3, 0.4) is 0 Å². The number of aromatic nitrogens is 2. The van der Waals surface area contributed by atoms with Crippen LogP contribution in [0.2, 0.25) is 0 Å². The van der Waals surface area contributed by atoms with Gasteiger partial charge < -0.3 is 14.5 Å². The first-order valence-electron chi connectivity index (χ1n) is 9.01. The van der Waals surface area contributed by atoms with Gasteiger partial charge in [-0.3, -0.25) is 9.78 Å². The summed E-state index contributed by atoms with van der Waals surface area (Å²) < 4.78 is 5.74. The molecule has 3 heterocycles. The molecule has 136 valence electrons. The molecule has 1 aromatic rings. The average Bonchev–Trinajstić information content (AvgIpc) is 2.92. The molecule has 0 aliphatic carbocycles. The van der Waals surface area contributed by atoms with E-state index in [2.05, 4.69) is 23.8 Å². The van der Waals surface area contributed by atoms with Crippen LogP contribution in [0.25, 0.3) is 0 Å². The van der Waals surface area contributed by atoms with E-state index in [1.165, 1.54) is 6.20 Å². The Morgan fingerprint density at radius 3 is 2.64 bits per heavy atom. The fourth-order valence-electron chi connectivity index (χ4n) is 3.60. The Morgan fingerprint density at radius 1 is 1.32 bits per heavy atom. The van der Waals surface area contributed by atoms with Gasteiger partial charge in [0.1, 0.15) is 11.3 Å². The van der Waals surface area contributed by atoms with E-state index in [4.69, 9.17) is 4.74 Å². The van der Waals surface area contributed by atoms with Crippen molar-refractivity contribution in [1.82, 2.24) is 19.8 Å². The first-order valence-corrected chi connectivity index (χ1v) is 9.01. The van der Waals surface area contributed by atoms with Crippen molar-refractivity contribution in [3.63, 3.8) is 0 Å². The van der Waals surface area contributed by atoms with Crippen LogP contribution in [0.15, 0.2) is 12.4 Å². The minimum Gasteiger partial charge on any atom is -0.441 e. The van der Waals surface area contributed by atoms with Crippen LogP contribution in [-0.4, -0.2) is 63.0 Å². The van der Waals surface area contributed by atoms with Gasteiger partial charge in [-0.2, -0.15) is 0 Å². The summed E-state index contributed by atoms with van der Waals surface area (Å²) in [6, 6.07) is 0.194. The van der Waals surface area contributed by atoms with E-state index in [0.717, 1.165) is 18.5 Å². The third-order valence-electron chi connectivity index (χ3n) is 5.20. The maximum absolute atomic E-state index is 12.5. The van der Waals surface area contributed by atoms with Crippen LogP contribution in [0, 0.1) is 6.92 Å². The van der Waals surface area contributed by atoms with E-state index in [-0.39, 0.29) is 18.0 Å². The maximum Gasteiger partial charge on any atom is 0.410 e. The quantitative estimate of drug-likeness (QED) is 0.837. The second kappa shape index (κ2) is 6.98. The molecule has 2 fully saturated rings. The van der Waals surface area contributed by atoms with Crippen molar-refractivity contribution in [3.05, 3.63) is 23.8 Å². The highest BCUT2D eigenvalue weighted by molar-refractivity contribution is 5.92. The van der Waals surface area contributed by atoms with Crippen molar-refractivity contribution in [1.29, 1.82) is 0 Å². The number of likely N-dealkylation sites (tertiary alicyclic amines) is 1. The van der Waals surface area contributed by atoms with Gasteiger partial charge in [0.25, 0.3) is 5.91 Å². The smallest absolute Gasteiger partial charge is 0.410 e. The number of rotatable bonds is 4.